The molecule has 100 valence electrons. The van der Waals surface area contributed by atoms with Gasteiger partial charge in [-0.05, 0) is 31.2 Å². The van der Waals surface area contributed by atoms with Crippen molar-refractivity contribution >= 4 is 0 Å². The van der Waals surface area contributed by atoms with E-state index < -0.39 is 0 Å². The number of nitrogens with zero attached hydrogens (tertiary/aromatic N) is 3. The minimum atomic E-state index is 0.735. The first kappa shape index (κ1) is 12.2. The molecular formula is C14H23N3O. The Balaban J connectivity index is 1.65. The van der Waals surface area contributed by atoms with Crippen molar-refractivity contribution in [1.29, 1.82) is 0 Å². The molecule has 0 atom stereocenters. The van der Waals surface area contributed by atoms with Gasteiger partial charge in [0.05, 0.1) is 18.0 Å². The Bertz CT molecular complexity index is 421. The summed E-state index contributed by atoms with van der Waals surface area (Å²) in [5.74, 6) is 0.735. The van der Waals surface area contributed by atoms with Crippen molar-refractivity contribution in [2.45, 2.75) is 32.2 Å². The molecule has 1 aromatic rings. The van der Waals surface area contributed by atoms with Crippen LogP contribution in [0.4, 0.5) is 0 Å². The summed E-state index contributed by atoms with van der Waals surface area (Å²) in [6.45, 7) is 4.32. The smallest absolute Gasteiger partial charge is 0.0659 e. The van der Waals surface area contributed by atoms with Crippen LogP contribution in [0.1, 0.15) is 29.8 Å². The second-order valence-electron chi connectivity index (χ2n) is 5.72. The van der Waals surface area contributed by atoms with E-state index in [0.717, 1.165) is 19.1 Å². The number of aromatic nitrogens is 2. The number of ether oxygens (including phenoxy) is 1. The molecule has 0 amide bonds. The van der Waals surface area contributed by atoms with E-state index in [2.05, 4.69) is 21.7 Å². The number of likely N-dealkylation sites (tertiary alicyclic amines) is 1. The molecule has 0 bridgehead atoms. The van der Waals surface area contributed by atoms with Crippen LogP contribution in [0.5, 0.6) is 0 Å². The molecule has 3 rings (SSSR count). The van der Waals surface area contributed by atoms with Crippen LogP contribution >= 0.6 is 0 Å². The summed E-state index contributed by atoms with van der Waals surface area (Å²) in [7, 11) is 3.89. The summed E-state index contributed by atoms with van der Waals surface area (Å²) < 4.78 is 7.31. The van der Waals surface area contributed by atoms with Crippen molar-refractivity contribution in [2.24, 2.45) is 13.0 Å². The zero-order chi connectivity index (χ0) is 12.5. The molecule has 4 nitrogen and oxygen atoms in total. The lowest BCUT2D eigenvalue weighted by molar-refractivity contribution is 0.0277. The highest BCUT2D eigenvalue weighted by Gasteiger charge is 2.29. The third-order valence-electron chi connectivity index (χ3n) is 4.26. The summed E-state index contributed by atoms with van der Waals surface area (Å²) in [6, 6.07) is 0. The molecule has 0 aromatic carbocycles. The van der Waals surface area contributed by atoms with E-state index in [1.807, 2.05) is 0 Å². The second kappa shape index (κ2) is 5.02. The molecule has 2 aliphatic rings. The van der Waals surface area contributed by atoms with Gasteiger partial charge in [0.15, 0.2) is 0 Å². The molecule has 4 heteroatoms. The van der Waals surface area contributed by atoms with Gasteiger partial charge in [0, 0.05) is 39.7 Å². The molecular weight excluding hydrogens is 226 g/mol. The average molecular weight is 249 g/mol. The van der Waals surface area contributed by atoms with E-state index in [-0.39, 0.29) is 0 Å². The lowest BCUT2D eigenvalue weighted by Gasteiger charge is -2.39. The van der Waals surface area contributed by atoms with Crippen molar-refractivity contribution in [3.05, 3.63) is 17.0 Å². The Kier molecular flexibility index (Phi) is 3.39. The molecule has 2 heterocycles. The van der Waals surface area contributed by atoms with Gasteiger partial charge in [-0.1, -0.05) is 0 Å². The van der Waals surface area contributed by atoms with E-state index in [1.54, 1.807) is 12.7 Å². The van der Waals surface area contributed by atoms with E-state index in [9.17, 15) is 0 Å². The lowest BCUT2D eigenvalue weighted by atomic mass is 9.94. The molecule has 1 aromatic heterocycles. The Morgan fingerprint density at radius 1 is 1.28 bits per heavy atom. The fourth-order valence-corrected chi connectivity index (χ4v) is 3.30. The summed E-state index contributed by atoms with van der Waals surface area (Å²) in [5.41, 5.74) is 4.34. The van der Waals surface area contributed by atoms with Crippen molar-refractivity contribution in [1.82, 2.24) is 14.7 Å². The van der Waals surface area contributed by atoms with Crippen LogP contribution in [0, 0.1) is 5.92 Å². The van der Waals surface area contributed by atoms with Crippen LogP contribution in [-0.4, -0.2) is 41.5 Å². The SMILES string of the molecule is COCC1CN(Cc2c3c(nn2C)CCCC3)C1. The summed E-state index contributed by atoms with van der Waals surface area (Å²) in [4.78, 5) is 2.51. The largest absolute Gasteiger partial charge is 0.384 e. The van der Waals surface area contributed by atoms with Crippen LogP contribution in [0.15, 0.2) is 0 Å². The fraction of sp³-hybridized carbons (Fsp3) is 0.786. The van der Waals surface area contributed by atoms with Gasteiger partial charge in [-0.2, -0.15) is 5.10 Å². The van der Waals surface area contributed by atoms with Gasteiger partial charge in [-0.3, -0.25) is 9.58 Å². The fourth-order valence-electron chi connectivity index (χ4n) is 3.30. The molecule has 0 N–H and O–H groups in total. The number of fused-ring (bicyclic) bond motifs is 1. The van der Waals surface area contributed by atoms with Gasteiger partial charge in [0.2, 0.25) is 0 Å². The van der Waals surface area contributed by atoms with Crippen molar-refractivity contribution < 1.29 is 4.74 Å². The van der Waals surface area contributed by atoms with Crippen molar-refractivity contribution in [3.8, 4) is 0 Å². The summed E-state index contributed by atoms with van der Waals surface area (Å²) in [6.07, 6.45) is 5.05. The monoisotopic (exact) mass is 249 g/mol. The van der Waals surface area contributed by atoms with Crippen molar-refractivity contribution in [2.75, 3.05) is 26.8 Å². The van der Waals surface area contributed by atoms with E-state index >= 15 is 0 Å². The Morgan fingerprint density at radius 3 is 2.83 bits per heavy atom. The molecule has 1 fully saturated rings. The van der Waals surface area contributed by atoms with Crippen LogP contribution in [0.25, 0.3) is 0 Å². The quantitative estimate of drug-likeness (QED) is 0.807. The van der Waals surface area contributed by atoms with Gasteiger partial charge >= 0.3 is 0 Å². The van der Waals surface area contributed by atoms with Gasteiger partial charge in [0.1, 0.15) is 0 Å². The first-order chi connectivity index (χ1) is 8.78. The third kappa shape index (κ3) is 2.19. The second-order valence-corrected chi connectivity index (χ2v) is 5.72. The lowest BCUT2D eigenvalue weighted by Crippen LogP contribution is -2.48. The minimum Gasteiger partial charge on any atom is -0.384 e. The van der Waals surface area contributed by atoms with E-state index in [1.165, 1.54) is 50.2 Å². The highest BCUT2D eigenvalue weighted by molar-refractivity contribution is 5.28. The Labute approximate surface area is 109 Å². The van der Waals surface area contributed by atoms with Gasteiger partial charge in [-0.25, -0.2) is 0 Å². The number of methoxy groups -OCH3 is 1. The molecule has 0 saturated carbocycles. The Hall–Kier alpha value is -0.870. The third-order valence-corrected chi connectivity index (χ3v) is 4.26. The standard InChI is InChI=1S/C14H23N3O/c1-16-14(9-17-7-11(8-17)10-18-2)12-5-3-4-6-13(12)15-16/h11H,3-10H2,1-2H3. The maximum atomic E-state index is 5.20. The first-order valence-electron chi connectivity index (χ1n) is 7.03. The van der Waals surface area contributed by atoms with Gasteiger partial charge < -0.3 is 4.74 Å². The predicted molar refractivity (Wildman–Crippen MR) is 70.5 cm³/mol. The van der Waals surface area contributed by atoms with Crippen LogP contribution in [0.2, 0.25) is 0 Å². The summed E-state index contributed by atoms with van der Waals surface area (Å²) in [5, 5.41) is 4.68. The predicted octanol–water partition coefficient (Wildman–Crippen LogP) is 1.38. The highest BCUT2D eigenvalue weighted by Crippen LogP contribution is 2.26. The molecule has 0 radical (unpaired) electrons. The van der Waals surface area contributed by atoms with Gasteiger partial charge in [-0.15, -0.1) is 0 Å². The highest BCUT2D eigenvalue weighted by atomic mass is 16.5. The molecule has 1 aliphatic heterocycles. The van der Waals surface area contributed by atoms with Crippen LogP contribution < -0.4 is 0 Å². The first-order valence-corrected chi connectivity index (χ1v) is 7.03. The maximum Gasteiger partial charge on any atom is 0.0659 e. The van der Waals surface area contributed by atoms with E-state index in [4.69, 9.17) is 4.74 Å². The van der Waals surface area contributed by atoms with E-state index in [0.29, 0.717) is 0 Å². The number of hydrogen-bond acceptors (Lipinski definition) is 3. The number of hydrogen-bond donors (Lipinski definition) is 0. The maximum absolute atomic E-state index is 5.20. The van der Waals surface area contributed by atoms with Crippen LogP contribution in [-0.2, 0) is 31.2 Å². The Morgan fingerprint density at radius 2 is 2.06 bits per heavy atom. The molecule has 1 aliphatic carbocycles. The number of rotatable bonds is 4. The molecule has 0 spiro atoms. The zero-order valence-corrected chi connectivity index (χ0v) is 11.5. The van der Waals surface area contributed by atoms with Crippen LogP contribution in [0.3, 0.4) is 0 Å². The summed E-state index contributed by atoms with van der Waals surface area (Å²) >= 11 is 0. The molecule has 18 heavy (non-hydrogen) atoms. The normalized spacial score (nSPS) is 20.8. The number of aryl methyl sites for hydroxylation is 2. The molecule has 0 unspecified atom stereocenters. The average Bonchev–Trinajstić information content (AvgIpc) is 2.63. The van der Waals surface area contributed by atoms with Gasteiger partial charge in [0.25, 0.3) is 0 Å². The minimum absolute atomic E-state index is 0.735. The zero-order valence-electron chi connectivity index (χ0n) is 11.5. The molecule has 1 saturated heterocycles. The topological polar surface area (TPSA) is 30.3 Å². The van der Waals surface area contributed by atoms with Crippen molar-refractivity contribution in [3.63, 3.8) is 0 Å².